The number of carbonyl (C=O) groups excluding carboxylic acids is 1. The molecule has 7 nitrogen and oxygen atoms in total. The van der Waals surface area contributed by atoms with E-state index in [-0.39, 0.29) is 12.5 Å². The van der Waals surface area contributed by atoms with Crippen LogP contribution >= 0.6 is 11.5 Å². The Balaban J connectivity index is 1.42. The number of anilines is 1. The molecular formula is C19H27N5O2S. The average Bonchev–Trinajstić information content (AvgIpc) is 3.13. The van der Waals surface area contributed by atoms with E-state index in [0.717, 1.165) is 50.1 Å². The van der Waals surface area contributed by atoms with Crippen LogP contribution in [-0.4, -0.2) is 73.1 Å². The molecule has 0 atom stereocenters. The van der Waals surface area contributed by atoms with Crippen LogP contribution in [-0.2, 0) is 16.0 Å². The number of hydrogen-bond donors (Lipinski definition) is 1. The lowest BCUT2D eigenvalue weighted by Crippen LogP contribution is -2.48. The van der Waals surface area contributed by atoms with Gasteiger partial charge in [0.2, 0.25) is 11.0 Å². The van der Waals surface area contributed by atoms with Crippen LogP contribution in [0.1, 0.15) is 17.0 Å². The van der Waals surface area contributed by atoms with Gasteiger partial charge in [0.15, 0.2) is 0 Å². The summed E-state index contributed by atoms with van der Waals surface area (Å²) in [6, 6.07) is 8.53. The van der Waals surface area contributed by atoms with Crippen molar-refractivity contribution in [3.8, 4) is 0 Å². The topological polar surface area (TPSA) is 70.6 Å². The number of nitrogens with zero attached hydrogens (tertiary/aromatic N) is 4. The van der Waals surface area contributed by atoms with Crippen molar-refractivity contribution in [3.05, 3.63) is 41.2 Å². The molecule has 8 heteroatoms. The number of amides is 1. The zero-order chi connectivity index (χ0) is 19.1. The van der Waals surface area contributed by atoms with Gasteiger partial charge < -0.3 is 15.0 Å². The molecule has 146 valence electrons. The van der Waals surface area contributed by atoms with Crippen molar-refractivity contribution in [2.45, 2.75) is 13.3 Å². The van der Waals surface area contributed by atoms with Crippen molar-refractivity contribution in [2.24, 2.45) is 0 Å². The molecule has 1 amide bonds. The molecule has 27 heavy (non-hydrogen) atoms. The summed E-state index contributed by atoms with van der Waals surface area (Å²) in [6.07, 6.45) is 0.776. The third-order valence-corrected chi connectivity index (χ3v) is 5.42. The molecular weight excluding hydrogens is 362 g/mol. The van der Waals surface area contributed by atoms with E-state index >= 15 is 0 Å². The fraction of sp³-hybridized carbons (Fsp3) is 0.526. The van der Waals surface area contributed by atoms with Crippen molar-refractivity contribution in [3.63, 3.8) is 0 Å². The Morgan fingerprint density at radius 2 is 1.96 bits per heavy atom. The van der Waals surface area contributed by atoms with E-state index in [1.54, 1.807) is 0 Å². The second kappa shape index (κ2) is 9.77. The highest BCUT2D eigenvalue weighted by Crippen LogP contribution is 2.20. The number of rotatable bonds is 8. The van der Waals surface area contributed by atoms with Gasteiger partial charge in [0.1, 0.15) is 12.4 Å². The Bertz CT molecular complexity index is 726. The first-order valence-electron chi connectivity index (χ1n) is 9.25. The molecule has 2 aromatic rings. The summed E-state index contributed by atoms with van der Waals surface area (Å²) in [7, 11) is 1.53. The van der Waals surface area contributed by atoms with Crippen LogP contribution in [0.2, 0.25) is 0 Å². The van der Waals surface area contributed by atoms with Gasteiger partial charge >= 0.3 is 0 Å². The average molecular weight is 390 g/mol. The van der Waals surface area contributed by atoms with E-state index in [9.17, 15) is 4.79 Å². The number of aryl methyl sites for hydroxylation is 1. The first-order valence-corrected chi connectivity index (χ1v) is 10.0. The molecule has 2 heterocycles. The maximum absolute atomic E-state index is 11.4. The number of methoxy groups -OCH3 is 1. The predicted octanol–water partition coefficient (Wildman–Crippen LogP) is 1.32. The molecule has 0 aliphatic carbocycles. The zero-order valence-corrected chi connectivity index (χ0v) is 16.8. The molecule has 3 rings (SSSR count). The van der Waals surface area contributed by atoms with E-state index in [4.69, 9.17) is 9.72 Å². The Morgan fingerprint density at radius 3 is 2.67 bits per heavy atom. The molecule has 0 bridgehead atoms. The standard InChI is InChI=1S/C19H27N5O2S/c1-15-3-5-16(6-4-15)13-17-21-19(27-22-17)24-11-9-23(10-12-24)8-7-20-18(25)14-26-2/h3-6H,7-14H2,1-2H3,(H,20,25). The van der Waals surface area contributed by atoms with Crippen LogP contribution in [0.25, 0.3) is 0 Å². The Morgan fingerprint density at radius 1 is 1.22 bits per heavy atom. The van der Waals surface area contributed by atoms with E-state index in [0.29, 0.717) is 6.54 Å². The predicted molar refractivity (Wildman–Crippen MR) is 107 cm³/mol. The van der Waals surface area contributed by atoms with Crippen molar-refractivity contribution in [2.75, 3.05) is 57.9 Å². The maximum Gasteiger partial charge on any atom is 0.246 e. The second-order valence-corrected chi connectivity index (χ2v) is 7.50. The zero-order valence-electron chi connectivity index (χ0n) is 16.0. The van der Waals surface area contributed by atoms with Gasteiger partial charge in [-0.15, -0.1) is 0 Å². The number of ether oxygens (including phenoxy) is 1. The highest BCUT2D eigenvalue weighted by Gasteiger charge is 2.20. The van der Waals surface area contributed by atoms with Gasteiger partial charge in [-0.05, 0) is 12.5 Å². The summed E-state index contributed by atoms with van der Waals surface area (Å²) in [4.78, 5) is 20.8. The van der Waals surface area contributed by atoms with Crippen LogP contribution < -0.4 is 10.2 Å². The highest BCUT2D eigenvalue weighted by molar-refractivity contribution is 7.09. The molecule has 1 aromatic heterocycles. The summed E-state index contributed by atoms with van der Waals surface area (Å²) < 4.78 is 9.34. The highest BCUT2D eigenvalue weighted by atomic mass is 32.1. The summed E-state index contributed by atoms with van der Waals surface area (Å²) in [5.74, 6) is 0.827. The van der Waals surface area contributed by atoms with Crippen molar-refractivity contribution >= 4 is 22.6 Å². The Hall–Kier alpha value is -2.03. The quantitative estimate of drug-likeness (QED) is 0.734. The molecule has 1 aliphatic rings. The minimum atomic E-state index is -0.0638. The monoisotopic (exact) mass is 389 g/mol. The van der Waals surface area contributed by atoms with E-state index in [2.05, 4.69) is 50.7 Å². The van der Waals surface area contributed by atoms with Gasteiger partial charge in [-0.25, -0.2) is 4.98 Å². The van der Waals surface area contributed by atoms with E-state index in [1.165, 1.54) is 29.8 Å². The lowest BCUT2D eigenvalue weighted by molar-refractivity contribution is -0.124. The fourth-order valence-corrected chi connectivity index (χ4v) is 3.77. The third-order valence-electron chi connectivity index (χ3n) is 4.61. The second-order valence-electron chi connectivity index (χ2n) is 6.77. The number of benzene rings is 1. The number of piperazine rings is 1. The molecule has 0 unspecified atom stereocenters. The Labute approximate surface area is 164 Å². The number of carbonyl (C=O) groups is 1. The molecule has 1 aliphatic heterocycles. The minimum absolute atomic E-state index is 0.0638. The van der Waals surface area contributed by atoms with Gasteiger partial charge in [-0.3, -0.25) is 9.69 Å². The van der Waals surface area contributed by atoms with Crippen LogP contribution in [0.5, 0.6) is 0 Å². The van der Waals surface area contributed by atoms with E-state index < -0.39 is 0 Å². The summed E-state index contributed by atoms with van der Waals surface area (Å²) in [5, 5.41) is 3.87. The van der Waals surface area contributed by atoms with Gasteiger partial charge in [-0.2, -0.15) is 4.37 Å². The lowest BCUT2D eigenvalue weighted by atomic mass is 10.1. The summed E-state index contributed by atoms with van der Waals surface area (Å²) in [5.41, 5.74) is 2.51. The molecule has 0 spiro atoms. The lowest BCUT2D eigenvalue weighted by Gasteiger charge is -2.34. The molecule has 0 radical (unpaired) electrons. The SMILES string of the molecule is COCC(=O)NCCN1CCN(c2nc(Cc3ccc(C)cc3)ns2)CC1. The van der Waals surface area contributed by atoms with Gasteiger partial charge in [0.05, 0.1) is 0 Å². The number of nitrogens with one attached hydrogen (secondary N) is 1. The minimum Gasteiger partial charge on any atom is -0.375 e. The maximum atomic E-state index is 11.4. The molecule has 1 aromatic carbocycles. The number of aromatic nitrogens is 2. The number of hydrogen-bond acceptors (Lipinski definition) is 7. The van der Waals surface area contributed by atoms with Crippen molar-refractivity contribution in [1.29, 1.82) is 0 Å². The largest absolute Gasteiger partial charge is 0.375 e. The van der Waals surface area contributed by atoms with Crippen LogP contribution in [0, 0.1) is 6.92 Å². The molecule has 1 fully saturated rings. The van der Waals surface area contributed by atoms with Crippen LogP contribution in [0.3, 0.4) is 0 Å². The molecule has 0 saturated carbocycles. The van der Waals surface area contributed by atoms with E-state index in [1.807, 2.05) is 0 Å². The first kappa shape index (κ1) is 19.7. The first-order chi connectivity index (χ1) is 13.1. The van der Waals surface area contributed by atoms with Crippen molar-refractivity contribution in [1.82, 2.24) is 19.6 Å². The van der Waals surface area contributed by atoms with Gasteiger partial charge in [0.25, 0.3) is 0 Å². The summed E-state index contributed by atoms with van der Waals surface area (Å²) in [6.45, 7) is 7.53. The summed E-state index contributed by atoms with van der Waals surface area (Å²) >= 11 is 1.48. The fourth-order valence-electron chi connectivity index (χ4n) is 3.03. The third kappa shape index (κ3) is 5.98. The molecule has 1 N–H and O–H groups in total. The van der Waals surface area contributed by atoms with Crippen molar-refractivity contribution < 1.29 is 9.53 Å². The van der Waals surface area contributed by atoms with Gasteiger partial charge in [0, 0.05) is 64.3 Å². The van der Waals surface area contributed by atoms with Crippen LogP contribution in [0.4, 0.5) is 5.13 Å². The van der Waals surface area contributed by atoms with Crippen LogP contribution in [0.15, 0.2) is 24.3 Å². The smallest absolute Gasteiger partial charge is 0.246 e. The Kier molecular flexibility index (Phi) is 7.14. The normalized spacial score (nSPS) is 15.1. The van der Waals surface area contributed by atoms with Gasteiger partial charge in [-0.1, -0.05) is 29.8 Å². The molecule has 1 saturated heterocycles.